The zero-order valence-electron chi connectivity index (χ0n) is 15.7. The zero-order valence-corrected chi connectivity index (χ0v) is 16.5. The summed E-state index contributed by atoms with van der Waals surface area (Å²) < 4.78 is 9.45. The molecule has 0 bridgehead atoms. The van der Waals surface area contributed by atoms with Gasteiger partial charge >= 0.3 is 0 Å². The number of nitrogens with zero attached hydrogens (tertiary/aromatic N) is 4. The van der Waals surface area contributed by atoms with Gasteiger partial charge in [0.2, 0.25) is 5.91 Å². The average molecular weight is 387 g/mol. The van der Waals surface area contributed by atoms with Gasteiger partial charge < -0.3 is 9.64 Å². The molecule has 2 saturated heterocycles. The van der Waals surface area contributed by atoms with E-state index in [-0.39, 0.29) is 17.7 Å². The van der Waals surface area contributed by atoms with Crippen LogP contribution in [0.5, 0.6) is 5.75 Å². The van der Waals surface area contributed by atoms with Crippen molar-refractivity contribution in [2.24, 2.45) is 0 Å². The van der Waals surface area contributed by atoms with E-state index in [4.69, 9.17) is 4.74 Å². The van der Waals surface area contributed by atoms with Crippen LogP contribution >= 0.6 is 11.5 Å². The van der Waals surface area contributed by atoms with E-state index < -0.39 is 0 Å². The Balaban J connectivity index is 1.53. The summed E-state index contributed by atoms with van der Waals surface area (Å²) in [7, 11) is 1.68. The number of hydrogen-bond acceptors (Lipinski definition) is 6. The fraction of sp³-hybridized carbons (Fsp3) is 0.550. The monoisotopic (exact) mass is 386 g/mol. The molecule has 1 aromatic carbocycles. The molecule has 0 radical (unpaired) electrons. The molecule has 144 valence electrons. The molecule has 27 heavy (non-hydrogen) atoms. The number of amides is 1. The molecule has 4 rings (SSSR count). The molecule has 0 unspecified atom stereocenters. The Bertz CT molecular complexity index is 761. The summed E-state index contributed by atoms with van der Waals surface area (Å²) in [6, 6.07) is 8.18. The molecule has 2 aromatic rings. The predicted octanol–water partition coefficient (Wildman–Crippen LogP) is 2.74. The summed E-state index contributed by atoms with van der Waals surface area (Å²) >= 11 is 1.37. The van der Waals surface area contributed by atoms with Crippen LogP contribution in [0.4, 0.5) is 0 Å². The molecule has 2 aliphatic rings. The SMILES string of the molecule is COc1cccc([C@@H]2CN(C(=O)CN3CCCCC3)C[C@H]2c2csnn2)c1. The Morgan fingerprint density at radius 1 is 1.22 bits per heavy atom. The lowest BCUT2D eigenvalue weighted by atomic mass is 9.87. The van der Waals surface area contributed by atoms with Crippen molar-refractivity contribution >= 4 is 17.4 Å². The van der Waals surface area contributed by atoms with E-state index in [2.05, 4.69) is 26.6 Å². The smallest absolute Gasteiger partial charge is 0.236 e. The zero-order chi connectivity index (χ0) is 18.6. The molecule has 0 aliphatic carbocycles. The number of carbonyl (C=O) groups excluding carboxylic acids is 1. The van der Waals surface area contributed by atoms with Crippen LogP contribution in [0, 0.1) is 0 Å². The maximum atomic E-state index is 13.0. The topological polar surface area (TPSA) is 58.6 Å². The highest BCUT2D eigenvalue weighted by atomic mass is 32.1. The van der Waals surface area contributed by atoms with Gasteiger partial charge in [-0.05, 0) is 55.2 Å². The molecule has 3 heterocycles. The molecular weight excluding hydrogens is 360 g/mol. The summed E-state index contributed by atoms with van der Waals surface area (Å²) in [6.45, 7) is 4.05. The lowest BCUT2D eigenvalue weighted by Crippen LogP contribution is -2.41. The van der Waals surface area contributed by atoms with E-state index in [1.54, 1.807) is 7.11 Å². The van der Waals surface area contributed by atoms with Crippen molar-refractivity contribution in [3.8, 4) is 5.75 Å². The molecule has 7 heteroatoms. The van der Waals surface area contributed by atoms with Gasteiger partial charge in [0, 0.05) is 30.3 Å². The maximum absolute atomic E-state index is 13.0. The van der Waals surface area contributed by atoms with Crippen molar-refractivity contribution in [1.82, 2.24) is 19.4 Å². The summed E-state index contributed by atoms with van der Waals surface area (Å²) in [5.41, 5.74) is 2.18. The first-order valence-electron chi connectivity index (χ1n) is 9.65. The normalized spacial score (nSPS) is 23.5. The fourth-order valence-corrected chi connectivity index (χ4v) is 4.78. The average Bonchev–Trinajstić information content (AvgIpc) is 3.38. The number of ether oxygens (including phenoxy) is 1. The van der Waals surface area contributed by atoms with E-state index in [0.29, 0.717) is 13.1 Å². The van der Waals surface area contributed by atoms with Gasteiger partial charge in [-0.3, -0.25) is 9.69 Å². The van der Waals surface area contributed by atoms with Crippen LogP contribution in [0.25, 0.3) is 0 Å². The first-order chi connectivity index (χ1) is 13.2. The van der Waals surface area contributed by atoms with Gasteiger partial charge in [0.15, 0.2) is 0 Å². The number of methoxy groups -OCH3 is 1. The number of rotatable bonds is 5. The van der Waals surface area contributed by atoms with Crippen molar-refractivity contribution < 1.29 is 9.53 Å². The molecule has 1 aromatic heterocycles. The molecule has 6 nitrogen and oxygen atoms in total. The fourth-order valence-electron chi connectivity index (χ4n) is 4.26. The van der Waals surface area contributed by atoms with E-state index in [1.807, 2.05) is 22.4 Å². The van der Waals surface area contributed by atoms with Crippen molar-refractivity contribution in [1.29, 1.82) is 0 Å². The van der Waals surface area contributed by atoms with Crippen molar-refractivity contribution in [2.75, 3.05) is 39.8 Å². The van der Waals surface area contributed by atoms with Crippen LogP contribution in [0.1, 0.15) is 42.4 Å². The molecule has 2 aliphatic heterocycles. The van der Waals surface area contributed by atoms with Gasteiger partial charge in [-0.15, -0.1) is 5.10 Å². The lowest BCUT2D eigenvalue weighted by Gasteiger charge is -2.28. The molecule has 2 atom stereocenters. The van der Waals surface area contributed by atoms with Crippen LogP contribution in [-0.2, 0) is 4.79 Å². The minimum absolute atomic E-state index is 0.182. The second-order valence-corrected chi connectivity index (χ2v) is 8.06. The Morgan fingerprint density at radius 3 is 2.78 bits per heavy atom. The Labute approximate surface area is 164 Å². The lowest BCUT2D eigenvalue weighted by molar-refractivity contribution is -0.131. The Hall–Kier alpha value is -1.99. The summed E-state index contributed by atoms with van der Waals surface area (Å²) in [5.74, 6) is 1.48. The van der Waals surface area contributed by atoms with E-state index in [0.717, 1.165) is 31.1 Å². The molecule has 0 N–H and O–H groups in total. The van der Waals surface area contributed by atoms with Crippen LogP contribution in [0.3, 0.4) is 0 Å². The van der Waals surface area contributed by atoms with E-state index >= 15 is 0 Å². The first kappa shape index (κ1) is 18.4. The molecule has 2 fully saturated rings. The predicted molar refractivity (Wildman–Crippen MR) is 105 cm³/mol. The molecule has 0 spiro atoms. The van der Waals surface area contributed by atoms with Crippen molar-refractivity contribution in [2.45, 2.75) is 31.1 Å². The van der Waals surface area contributed by atoms with Crippen LogP contribution in [-0.4, -0.2) is 65.1 Å². The summed E-state index contributed by atoms with van der Waals surface area (Å²) in [6.07, 6.45) is 3.69. The van der Waals surface area contributed by atoms with Crippen molar-refractivity contribution in [3.05, 3.63) is 40.9 Å². The Morgan fingerprint density at radius 2 is 2.04 bits per heavy atom. The third-order valence-corrected chi connectivity index (χ3v) is 6.28. The molecular formula is C20H26N4O2S. The number of carbonyl (C=O) groups is 1. The molecule has 1 amide bonds. The summed E-state index contributed by atoms with van der Waals surface area (Å²) in [5, 5.41) is 6.33. The first-order valence-corrected chi connectivity index (χ1v) is 10.5. The van der Waals surface area contributed by atoms with E-state index in [9.17, 15) is 4.79 Å². The van der Waals surface area contributed by atoms with Gasteiger partial charge in [-0.1, -0.05) is 23.0 Å². The second-order valence-electron chi connectivity index (χ2n) is 7.45. The molecule has 0 saturated carbocycles. The highest BCUT2D eigenvalue weighted by Gasteiger charge is 2.38. The standard InChI is InChI=1S/C20H26N4O2S/c1-26-16-7-5-6-15(10-16)17-11-24(12-18(17)19-14-27-22-21-19)20(25)13-23-8-3-2-4-9-23/h5-7,10,14,17-18H,2-4,8-9,11-13H2,1H3/t17-,18+/m0/s1. The number of piperidine rings is 1. The third kappa shape index (κ3) is 4.14. The quantitative estimate of drug-likeness (QED) is 0.791. The summed E-state index contributed by atoms with van der Waals surface area (Å²) in [4.78, 5) is 17.3. The van der Waals surface area contributed by atoms with Crippen LogP contribution < -0.4 is 4.74 Å². The van der Waals surface area contributed by atoms with E-state index in [1.165, 1.54) is 36.4 Å². The minimum atomic E-state index is 0.182. The highest BCUT2D eigenvalue weighted by molar-refractivity contribution is 7.03. The van der Waals surface area contributed by atoms with Gasteiger partial charge in [-0.25, -0.2) is 0 Å². The van der Waals surface area contributed by atoms with Crippen LogP contribution in [0.15, 0.2) is 29.6 Å². The maximum Gasteiger partial charge on any atom is 0.236 e. The van der Waals surface area contributed by atoms with Gasteiger partial charge in [0.1, 0.15) is 5.75 Å². The highest BCUT2D eigenvalue weighted by Crippen LogP contribution is 2.40. The number of likely N-dealkylation sites (tertiary alicyclic amines) is 2. The van der Waals surface area contributed by atoms with Gasteiger partial charge in [0.25, 0.3) is 0 Å². The number of benzene rings is 1. The van der Waals surface area contributed by atoms with Gasteiger partial charge in [0.05, 0.1) is 19.3 Å². The third-order valence-electron chi connectivity index (χ3n) is 5.76. The van der Waals surface area contributed by atoms with Gasteiger partial charge in [-0.2, -0.15) is 0 Å². The number of aromatic nitrogens is 2. The van der Waals surface area contributed by atoms with Crippen molar-refractivity contribution in [3.63, 3.8) is 0 Å². The largest absolute Gasteiger partial charge is 0.497 e. The number of hydrogen-bond donors (Lipinski definition) is 0. The minimum Gasteiger partial charge on any atom is -0.497 e. The van der Waals surface area contributed by atoms with Crippen LogP contribution in [0.2, 0.25) is 0 Å². The Kier molecular flexibility index (Phi) is 5.69. The second kappa shape index (κ2) is 8.35.